The van der Waals surface area contributed by atoms with Gasteiger partial charge in [-0.05, 0) is 37.1 Å². The van der Waals surface area contributed by atoms with Crippen molar-refractivity contribution in [1.29, 1.82) is 0 Å². The predicted octanol–water partition coefficient (Wildman–Crippen LogP) is 2.12. The van der Waals surface area contributed by atoms with E-state index in [0.717, 1.165) is 42.9 Å². The van der Waals surface area contributed by atoms with Gasteiger partial charge in [0, 0.05) is 43.3 Å². The molecule has 2 N–H and O–H groups in total. The molecule has 0 spiro atoms. The zero-order valence-corrected chi connectivity index (χ0v) is 13.2. The van der Waals surface area contributed by atoms with E-state index in [9.17, 15) is 0 Å². The van der Waals surface area contributed by atoms with Gasteiger partial charge in [-0.2, -0.15) is 4.98 Å². The lowest BCUT2D eigenvalue weighted by molar-refractivity contribution is 0.431. The lowest BCUT2D eigenvalue weighted by Gasteiger charge is -2.32. The largest absolute Gasteiger partial charge is 0.354 e. The van der Waals surface area contributed by atoms with Gasteiger partial charge < -0.3 is 15.2 Å². The topological polar surface area (TPSA) is 94.0 Å². The Hall–Kier alpha value is -2.80. The molecule has 0 amide bonds. The third-order valence-corrected chi connectivity index (χ3v) is 4.14. The maximum absolute atomic E-state index is 6.10. The van der Waals surface area contributed by atoms with Gasteiger partial charge in [0.15, 0.2) is 0 Å². The van der Waals surface area contributed by atoms with Crippen molar-refractivity contribution in [1.82, 2.24) is 20.1 Å². The molecule has 7 heteroatoms. The zero-order chi connectivity index (χ0) is 16.4. The fraction of sp³-hybridized carbons (Fsp3) is 0.294. The number of hydrogen-bond donors (Lipinski definition) is 1. The van der Waals surface area contributed by atoms with Crippen molar-refractivity contribution in [3.63, 3.8) is 0 Å². The van der Waals surface area contributed by atoms with Crippen molar-refractivity contribution in [2.75, 3.05) is 18.0 Å². The summed E-state index contributed by atoms with van der Waals surface area (Å²) < 4.78 is 5.48. The number of nitrogens with zero attached hydrogens (tertiary/aromatic N) is 5. The molecule has 4 heterocycles. The molecule has 122 valence electrons. The van der Waals surface area contributed by atoms with E-state index in [0.29, 0.717) is 11.7 Å². The predicted molar refractivity (Wildman–Crippen MR) is 90.2 cm³/mol. The molecule has 1 aliphatic heterocycles. The Morgan fingerprint density at radius 3 is 2.88 bits per heavy atom. The lowest BCUT2D eigenvalue weighted by Crippen LogP contribution is -2.43. The molecule has 4 rings (SSSR count). The number of anilines is 1. The van der Waals surface area contributed by atoms with Gasteiger partial charge in [-0.1, -0.05) is 5.16 Å². The van der Waals surface area contributed by atoms with Crippen LogP contribution in [0.5, 0.6) is 0 Å². The van der Waals surface area contributed by atoms with Crippen molar-refractivity contribution in [3.05, 3.63) is 42.9 Å². The Morgan fingerprint density at radius 1 is 1.17 bits per heavy atom. The van der Waals surface area contributed by atoms with Crippen LogP contribution in [0.15, 0.2) is 47.4 Å². The van der Waals surface area contributed by atoms with Gasteiger partial charge in [0.25, 0.3) is 5.89 Å². The van der Waals surface area contributed by atoms with Crippen LogP contribution in [0.25, 0.3) is 22.8 Å². The van der Waals surface area contributed by atoms with Crippen LogP contribution >= 0.6 is 0 Å². The first-order valence-electron chi connectivity index (χ1n) is 8.01. The van der Waals surface area contributed by atoms with Gasteiger partial charge in [-0.3, -0.25) is 4.98 Å². The van der Waals surface area contributed by atoms with Crippen molar-refractivity contribution in [2.45, 2.75) is 18.9 Å². The monoisotopic (exact) mass is 322 g/mol. The Balaban J connectivity index is 1.69. The minimum atomic E-state index is 0.170. The second kappa shape index (κ2) is 6.37. The molecule has 1 aliphatic rings. The average molecular weight is 322 g/mol. The second-order valence-corrected chi connectivity index (χ2v) is 5.88. The summed E-state index contributed by atoms with van der Waals surface area (Å²) in [6.07, 6.45) is 7.29. The highest BCUT2D eigenvalue weighted by Crippen LogP contribution is 2.30. The van der Waals surface area contributed by atoms with Gasteiger partial charge in [0.05, 0.1) is 5.56 Å². The molecule has 1 saturated heterocycles. The Morgan fingerprint density at radius 2 is 2.04 bits per heavy atom. The van der Waals surface area contributed by atoms with Gasteiger partial charge >= 0.3 is 0 Å². The molecule has 0 aliphatic carbocycles. The summed E-state index contributed by atoms with van der Waals surface area (Å²) in [6, 6.07) is 7.69. The molecular weight excluding hydrogens is 304 g/mol. The summed E-state index contributed by atoms with van der Waals surface area (Å²) >= 11 is 0. The minimum absolute atomic E-state index is 0.170. The molecule has 0 bridgehead atoms. The normalized spacial score (nSPS) is 17.9. The van der Waals surface area contributed by atoms with Gasteiger partial charge in [0.2, 0.25) is 5.82 Å². The maximum Gasteiger partial charge on any atom is 0.261 e. The van der Waals surface area contributed by atoms with Crippen LogP contribution in [0.3, 0.4) is 0 Å². The van der Waals surface area contributed by atoms with Crippen LogP contribution in [0.1, 0.15) is 12.8 Å². The SMILES string of the molecule is NC1CCCN(c2ncccc2-c2nc(-c3ccncc3)no2)C1. The van der Waals surface area contributed by atoms with Crippen molar-refractivity contribution in [2.24, 2.45) is 5.73 Å². The number of pyridine rings is 2. The molecule has 0 saturated carbocycles. The minimum Gasteiger partial charge on any atom is -0.354 e. The first kappa shape index (κ1) is 14.8. The first-order valence-corrected chi connectivity index (χ1v) is 8.01. The van der Waals surface area contributed by atoms with Crippen molar-refractivity contribution < 1.29 is 4.52 Å². The summed E-state index contributed by atoms with van der Waals surface area (Å²) in [6.45, 7) is 1.72. The highest BCUT2D eigenvalue weighted by Gasteiger charge is 2.23. The van der Waals surface area contributed by atoms with Crippen LogP contribution < -0.4 is 10.6 Å². The summed E-state index contributed by atoms with van der Waals surface area (Å²) in [5.41, 5.74) is 7.80. The van der Waals surface area contributed by atoms with Gasteiger partial charge in [0.1, 0.15) is 5.82 Å². The van der Waals surface area contributed by atoms with Gasteiger partial charge in [-0.25, -0.2) is 4.98 Å². The fourth-order valence-corrected chi connectivity index (χ4v) is 2.97. The van der Waals surface area contributed by atoms with Gasteiger partial charge in [-0.15, -0.1) is 0 Å². The Labute approximate surface area is 139 Å². The van der Waals surface area contributed by atoms with E-state index in [1.54, 1.807) is 18.6 Å². The van der Waals surface area contributed by atoms with E-state index in [1.807, 2.05) is 24.3 Å². The molecule has 24 heavy (non-hydrogen) atoms. The summed E-state index contributed by atoms with van der Waals surface area (Å²) in [5.74, 6) is 1.85. The lowest BCUT2D eigenvalue weighted by atomic mass is 10.1. The van der Waals surface area contributed by atoms with E-state index in [2.05, 4.69) is 25.0 Å². The molecule has 1 unspecified atom stereocenters. The van der Waals surface area contributed by atoms with E-state index >= 15 is 0 Å². The average Bonchev–Trinajstić information content (AvgIpc) is 3.12. The van der Waals surface area contributed by atoms with Crippen LogP contribution in [0.4, 0.5) is 5.82 Å². The zero-order valence-electron chi connectivity index (χ0n) is 13.2. The van der Waals surface area contributed by atoms with E-state index in [-0.39, 0.29) is 6.04 Å². The second-order valence-electron chi connectivity index (χ2n) is 5.88. The molecule has 7 nitrogen and oxygen atoms in total. The smallest absolute Gasteiger partial charge is 0.261 e. The quantitative estimate of drug-likeness (QED) is 0.789. The van der Waals surface area contributed by atoms with Crippen LogP contribution in [0.2, 0.25) is 0 Å². The summed E-state index contributed by atoms with van der Waals surface area (Å²) in [7, 11) is 0. The Kier molecular flexibility index (Phi) is 3.92. The summed E-state index contributed by atoms with van der Waals surface area (Å²) in [4.78, 5) is 15.2. The fourth-order valence-electron chi connectivity index (χ4n) is 2.97. The Bertz CT molecular complexity index is 819. The molecule has 0 radical (unpaired) electrons. The maximum atomic E-state index is 6.10. The standard InChI is InChI=1S/C17H18N6O/c18-13-3-2-10-23(11-13)16-14(4-1-7-20-16)17-21-15(22-24-17)12-5-8-19-9-6-12/h1,4-9,13H,2-3,10-11,18H2. The molecule has 1 fully saturated rings. The third kappa shape index (κ3) is 2.85. The van der Waals surface area contributed by atoms with Crippen LogP contribution in [0, 0.1) is 0 Å². The highest BCUT2D eigenvalue weighted by molar-refractivity contribution is 5.71. The summed E-state index contributed by atoms with van der Waals surface area (Å²) in [5, 5.41) is 4.08. The number of nitrogens with two attached hydrogens (primary N) is 1. The number of hydrogen-bond acceptors (Lipinski definition) is 7. The third-order valence-electron chi connectivity index (χ3n) is 4.14. The van der Waals surface area contributed by atoms with Crippen molar-refractivity contribution >= 4 is 5.82 Å². The highest BCUT2D eigenvalue weighted by atomic mass is 16.5. The van der Waals surface area contributed by atoms with Crippen molar-refractivity contribution in [3.8, 4) is 22.8 Å². The molecular formula is C17H18N6O. The number of rotatable bonds is 3. The first-order chi connectivity index (χ1) is 11.8. The van der Waals surface area contributed by atoms with Crippen LogP contribution in [-0.2, 0) is 0 Å². The van der Waals surface area contributed by atoms with E-state index in [4.69, 9.17) is 10.3 Å². The molecule has 3 aromatic rings. The van der Waals surface area contributed by atoms with E-state index in [1.165, 1.54) is 0 Å². The molecule has 1 atom stereocenters. The van der Waals surface area contributed by atoms with E-state index < -0.39 is 0 Å². The number of piperidine rings is 1. The van der Waals surface area contributed by atoms with Crippen LogP contribution in [-0.4, -0.2) is 39.2 Å². The number of aromatic nitrogens is 4. The molecule has 0 aromatic carbocycles. The molecule has 3 aromatic heterocycles.